The topological polar surface area (TPSA) is 52.6 Å². The van der Waals surface area contributed by atoms with Gasteiger partial charge in [-0.3, -0.25) is 9.36 Å². The quantitative estimate of drug-likeness (QED) is 0.592. The average Bonchev–Trinajstić information content (AvgIpc) is 2.30. The summed E-state index contributed by atoms with van der Waals surface area (Å²) in [6.45, 7) is 3.97. The predicted molar refractivity (Wildman–Crippen MR) is 67.1 cm³/mol. The van der Waals surface area contributed by atoms with Gasteiger partial charge in [0.05, 0.1) is 18.5 Å². The van der Waals surface area contributed by atoms with Crippen molar-refractivity contribution in [3.63, 3.8) is 0 Å². The number of benzene rings is 1. The van der Waals surface area contributed by atoms with Crippen molar-refractivity contribution in [2.75, 3.05) is 13.2 Å². The molecular weight excluding hydrogens is 263 g/mol. The summed E-state index contributed by atoms with van der Waals surface area (Å²) in [7, 11) is -3.35. The number of hydrogen-bond acceptors (Lipinski definition) is 4. The normalized spacial score (nSPS) is 11.5. The smallest absolute Gasteiger partial charge is 0.305 e. The van der Waals surface area contributed by atoms with Crippen LogP contribution in [0.15, 0.2) is 24.3 Å². The van der Waals surface area contributed by atoms with Crippen molar-refractivity contribution >= 4 is 29.7 Å². The molecule has 1 aromatic carbocycles. The lowest BCUT2D eigenvalue weighted by atomic mass is 10.2. The number of hydrogen-bond donors (Lipinski definition) is 0. The van der Waals surface area contributed by atoms with Crippen LogP contribution in [-0.4, -0.2) is 18.5 Å². The molecule has 0 saturated carbocycles. The third kappa shape index (κ3) is 3.65. The molecule has 0 saturated heterocycles. The largest absolute Gasteiger partial charge is 0.361 e. The van der Waals surface area contributed by atoms with Gasteiger partial charge in [0.1, 0.15) is 0 Å². The molecule has 0 spiro atoms. The minimum absolute atomic E-state index is 0.260. The zero-order chi connectivity index (χ0) is 12.9. The van der Waals surface area contributed by atoms with Crippen LogP contribution in [0.1, 0.15) is 24.2 Å². The lowest BCUT2D eigenvalue weighted by Gasteiger charge is -2.17. The summed E-state index contributed by atoms with van der Waals surface area (Å²) in [6.07, 6.45) is 0. The highest BCUT2D eigenvalue weighted by atomic mass is 35.5. The van der Waals surface area contributed by atoms with Crippen molar-refractivity contribution in [1.82, 2.24) is 0 Å². The van der Waals surface area contributed by atoms with E-state index >= 15 is 0 Å². The number of carbonyl (C=O) groups is 1. The second kappa shape index (κ2) is 6.31. The van der Waals surface area contributed by atoms with E-state index < -0.39 is 12.8 Å². The lowest BCUT2D eigenvalue weighted by Crippen LogP contribution is -2.11. The fourth-order valence-electron chi connectivity index (χ4n) is 1.32. The van der Waals surface area contributed by atoms with Crippen LogP contribution in [0.2, 0.25) is 0 Å². The Morgan fingerprint density at radius 2 is 1.88 bits per heavy atom. The van der Waals surface area contributed by atoms with Crippen LogP contribution >= 0.6 is 19.2 Å². The van der Waals surface area contributed by atoms with E-state index in [4.69, 9.17) is 20.6 Å². The van der Waals surface area contributed by atoms with Crippen LogP contribution in [0.25, 0.3) is 0 Å². The van der Waals surface area contributed by atoms with E-state index in [1.54, 1.807) is 32.0 Å². The summed E-state index contributed by atoms with van der Waals surface area (Å²) < 4.78 is 22.7. The maximum Gasteiger partial charge on any atom is 0.361 e. The highest BCUT2D eigenvalue weighted by Crippen LogP contribution is 2.46. The molecule has 94 valence electrons. The van der Waals surface area contributed by atoms with Crippen molar-refractivity contribution in [1.29, 1.82) is 0 Å². The Kier molecular flexibility index (Phi) is 5.34. The molecular formula is C11H14ClO4P. The van der Waals surface area contributed by atoms with E-state index in [1.165, 1.54) is 6.07 Å². The minimum Gasteiger partial charge on any atom is -0.305 e. The van der Waals surface area contributed by atoms with E-state index in [1.807, 2.05) is 0 Å². The summed E-state index contributed by atoms with van der Waals surface area (Å²) in [4.78, 5) is 11.0. The van der Waals surface area contributed by atoms with Crippen LogP contribution in [0.3, 0.4) is 0 Å². The van der Waals surface area contributed by atoms with Gasteiger partial charge in [-0.2, -0.15) is 0 Å². The molecule has 0 unspecified atom stereocenters. The van der Waals surface area contributed by atoms with Crippen molar-refractivity contribution < 1.29 is 18.4 Å². The standard InChI is InChI=1S/C11H14ClO4P/c1-3-15-17(14,16-4-2)10-7-5-6-9(8-10)11(12)13/h5-8H,3-4H2,1-2H3. The molecule has 0 fully saturated rings. The van der Waals surface area contributed by atoms with Gasteiger partial charge in [-0.25, -0.2) is 0 Å². The zero-order valence-electron chi connectivity index (χ0n) is 9.68. The van der Waals surface area contributed by atoms with Gasteiger partial charge in [0.15, 0.2) is 0 Å². The molecule has 0 amide bonds. The first-order chi connectivity index (χ1) is 8.03. The summed E-state index contributed by atoms with van der Waals surface area (Å²) >= 11 is 5.37. The van der Waals surface area contributed by atoms with E-state index in [2.05, 4.69) is 0 Å². The molecule has 6 heteroatoms. The van der Waals surface area contributed by atoms with Gasteiger partial charge in [0.25, 0.3) is 5.24 Å². The third-order valence-electron chi connectivity index (χ3n) is 1.99. The molecule has 1 rings (SSSR count). The highest BCUT2D eigenvalue weighted by molar-refractivity contribution is 7.62. The summed E-state index contributed by atoms with van der Waals surface area (Å²) in [5.41, 5.74) is 0.267. The molecule has 0 aliphatic carbocycles. The van der Waals surface area contributed by atoms with E-state index in [0.717, 1.165) is 0 Å². The van der Waals surface area contributed by atoms with Crippen LogP contribution in [0.4, 0.5) is 0 Å². The summed E-state index contributed by atoms with van der Waals surface area (Å²) in [5.74, 6) is 0. The Morgan fingerprint density at radius 3 is 2.35 bits per heavy atom. The number of rotatable bonds is 6. The van der Waals surface area contributed by atoms with Crippen molar-refractivity contribution in [3.05, 3.63) is 29.8 Å². The fraction of sp³-hybridized carbons (Fsp3) is 0.364. The monoisotopic (exact) mass is 276 g/mol. The van der Waals surface area contributed by atoms with E-state index in [9.17, 15) is 9.36 Å². The van der Waals surface area contributed by atoms with Gasteiger partial charge < -0.3 is 9.05 Å². The first-order valence-electron chi connectivity index (χ1n) is 5.23. The molecule has 1 aromatic rings. The SMILES string of the molecule is CCOP(=O)(OCC)c1cccc(C(=O)Cl)c1. The predicted octanol–water partition coefficient (Wildman–Crippen LogP) is 2.96. The van der Waals surface area contributed by atoms with Crippen LogP contribution in [0, 0.1) is 0 Å². The Hall–Kier alpha value is -0.670. The number of carbonyl (C=O) groups excluding carboxylic acids is 1. The van der Waals surface area contributed by atoms with Crippen molar-refractivity contribution in [2.45, 2.75) is 13.8 Å². The molecule has 0 bridgehead atoms. The van der Waals surface area contributed by atoms with E-state index in [0.29, 0.717) is 5.30 Å². The molecule has 0 aromatic heterocycles. The molecule has 0 N–H and O–H groups in total. The van der Waals surface area contributed by atoms with Gasteiger partial charge in [-0.1, -0.05) is 12.1 Å². The average molecular weight is 277 g/mol. The first kappa shape index (κ1) is 14.4. The molecule has 0 aliphatic rings. The zero-order valence-corrected chi connectivity index (χ0v) is 11.3. The Bertz CT molecular complexity index is 437. The molecule has 0 heterocycles. The van der Waals surface area contributed by atoms with Gasteiger partial charge in [0.2, 0.25) is 0 Å². The minimum atomic E-state index is -3.35. The van der Waals surface area contributed by atoms with Crippen LogP contribution in [0.5, 0.6) is 0 Å². The van der Waals surface area contributed by atoms with Crippen LogP contribution in [-0.2, 0) is 13.6 Å². The Labute approximate surface area is 105 Å². The molecule has 0 radical (unpaired) electrons. The second-order valence-corrected chi connectivity index (χ2v) is 5.53. The Balaban J connectivity index is 3.14. The highest BCUT2D eigenvalue weighted by Gasteiger charge is 2.27. The Morgan fingerprint density at radius 1 is 1.29 bits per heavy atom. The summed E-state index contributed by atoms with van der Waals surface area (Å²) in [6, 6.07) is 6.16. The van der Waals surface area contributed by atoms with Crippen molar-refractivity contribution in [3.8, 4) is 0 Å². The third-order valence-corrected chi connectivity index (χ3v) is 4.31. The van der Waals surface area contributed by atoms with Crippen LogP contribution < -0.4 is 5.30 Å². The molecule has 17 heavy (non-hydrogen) atoms. The molecule has 0 atom stereocenters. The second-order valence-electron chi connectivity index (χ2n) is 3.16. The van der Waals surface area contributed by atoms with Gasteiger partial charge in [0, 0.05) is 5.56 Å². The first-order valence-corrected chi connectivity index (χ1v) is 7.15. The number of halogens is 1. The fourth-order valence-corrected chi connectivity index (χ4v) is 3.06. The molecule has 4 nitrogen and oxygen atoms in total. The summed E-state index contributed by atoms with van der Waals surface area (Å²) in [5, 5.41) is -0.265. The molecule has 0 aliphatic heterocycles. The van der Waals surface area contributed by atoms with Gasteiger partial charge in [-0.05, 0) is 37.6 Å². The van der Waals surface area contributed by atoms with Gasteiger partial charge >= 0.3 is 7.60 Å². The maximum atomic E-state index is 12.4. The maximum absolute atomic E-state index is 12.4. The lowest BCUT2D eigenvalue weighted by molar-refractivity contribution is 0.108. The van der Waals surface area contributed by atoms with Crippen molar-refractivity contribution in [2.24, 2.45) is 0 Å². The van der Waals surface area contributed by atoms with E-state index in [-0.39, 0.29) is 18.8 Å². The van der Waals surface area contributed by atoms with Gasteiger partial charge in [-0.15, -0.1) is 0 Å².